The summed E-state index contributed by atoms with van der Waals surface area (Å²) in [6.07, 6.45) is 2.82. The molecule has 0 spiro atoms. The number of nitrogens with zero attached hydrogens (tertiary/aromatic N) is 2. The Morgan fingerprint density at radius 3 is 2.79 bits per heavy atom. The van der Waals surface area contributed by atoms with E-state index in [-0.39, 0.29) is 19.0 Å². The summed E-state index contributed by atoms with van der Waals surface area (Å²) in [5.41, 5.74) is 4.99. The lowest BCUT2D eigenvalue weighted by Crippen LogP contribution is -2.49. The van der Waals surface area contributed by atoms with E-state index in [9.17, 15) is 14.3 Å². The van der Waals surface area contributed by atoms with Crippen LogP contribution in [0.25, 0.3) is 10.9 Å². The number of rotatable bonds is 10. The third kappa shape index (κ3) is 5.40. The summed E-state index contributed by atoms with van der Waals surface area (Å²) in [7, 11) is 2.04. The fourth-order valence-corrected chi connectivity index (χ4v) is 5.41. The first-order chi connectivity index (χ1) is 16.5. The lowest BCUT2D eigenvalue weighted by Gasteiger charge is -2.25. The zero-order valence-corrected chi connectivity index (χ0v) is 20.6. The van der Waals surface area contributed by atoms with Crippen LogP contribution in [-0.4, -0.2) is 60.3 Å². The molecule has 3 N–H and O–H groups in total. The van der Waals surface area contributed by atoms with E-state index in [2.05, 4.69) is 32.6 Å². The number of halogens is 1. The number of aryl methyl sites for hydroxylation is 2. The minimum absolute atomic E-state index is 0.170. The fourth-order valence-electron chi connectivity index (χ4n) is 4.54. The first-order valence-corrected chi connectivity index (χ1v) is 12.8. The maximum atomic E-state index is 13.5. The minimum atomic E-state index is -0.856. The van der Waals surface area contributed by atoms with Gasteiger partial charge in [-0.05, 0) is 55.0 Å². The third-order valence-corrected chi connectivity index (χ3v) is 7.31. The highest BCUT2D eigenvalue weighted by Crippen LogP contribution is 2.38. The number of aromatic nitrogens is 1. The lowest BCUT2D eigenvalue weighted by molar-refractivity contribution is 0.0830. The zero-order chi connectivity index (χ0) is 24.1. The highest BCUT2D eigenvalue weighted by molar-refractivity contribution is 8.00. The smallest absolute Gasteiger partial charge is 0.251 e. The predicted molar refractivity (Wildman–Crippen MR) is 138 cm³/mol. The molecule has 3 aromatic rings. The Kier molecular flexibility index (Phi) is 8.13. The van der Waals surface area contributed by atoms with E-state index in [1.807, 2.05) is 49.5 Å². The van der Waals surface area contributed by atoms with Gasteiger partial charge in [0.05, 0.1) is 23.3 Å². The summed E-state index contributed by atoms with van der Waals surface area (Å²) in [6.45, 7) is 2.80. The van der Waals surface area contributed by atoms with Crippen LogP contribution in [0.1, 0.15) is 28.4 Å². The van der Waals surface area contributed by atoms with Crippen LogP contribution in [0, 0.1) is 0 Å². The topological polar surface area (TPSA) is 69.5 Å². The SMILES string of the molecule is CCn1cc2c3c(cc(C(=O)N[C@@H](Cc4ccccc4)[C@H](O)CNCCF)cc31)N(C)SCC2. The molecule has 1 aromatic heterocycles. The molecule has 34 heavy (non-hydrogen) atoms. The molecule has 2 aromatic carbocycles. The molecule has 2 heterocycles. The van der Waals surface area contributed by atoms with Gasteiger partial charge in [-0.25, -0.2) is 4.39 Å². The summed E-state index contributed by atoms with van der Waals surface area (Å²) < 4.78 is 16.9. The van der Waals surface area contributed by atoms with Crippen LogP contribution in [-0.2, 0) is 19.4 Å². The van der Waals surface area contributed by atoms with Crippen molar-refractivity contribution in [1.82, 2.24) is 15.2 Å². The Balaban J connectivity index is 1.63. The molecule has 2 atom stereocenters. The molecule has 0 radical (unpaired) electrons. The number of aliphatic hydroxyl groups excluding tert-OH is 1. The molecule has 8 heteroatoms. The molecule has 1 amide bonds. The van der Waals surface area contributed by atoms with Crippen molar-refractivity contribution in [3.8, 4) is 0 Å². The van der Waals surface area contributed by atoms with Crippen molar-refractivity contribution < 1.29 is 14.3 Å². The molecule has 0 saturated carbocycles. The number of benzene rings is 2. The molecule has 6 nitrogen and oxygen atoms in total. The summed E-state index contributed by atoms with van der Waals surface area (Å²) in [4.78, 5) is 13.5. The molecule has 4 rings (SSSR count). The van der Waals surface area contributed by atoms with Gasteiger partial charge in [-0.3, -0.25) is 4.79 Å². The number of alkyl halides is 1. The van der Waals surface area contributed by atoms with Crippen LogP contribution >= 0.6 is 11.9 Å². The van der Waals surface area contributed by atoms with Crippen molar-refractivity contribution in [3.63, 3.8) is 0 Å². The monoisotopic (exact) mass is 484 g/mol. The molecule has 0 bridgehead atoms. The second-order valence-electron chi connectivity index (χ2n) is 8.64. The average molecular weight is 485 g/mol. The standard InChI is InChI=1S/C26H33FN4O2S/c1-3-31-17-19-9-12-34-30(2)22-14-20(15-23(31)25(19)22)26(33)29-21(24(32)16-28-11-10-27)13-18-7-5-4-6-8-18/h4-8,14-15,17,21,24,28,32H,3,9-13,16H2,1-2H3,(H,29,33)/t21-,24+/m0/s1. The summed E-state index contributed by atoms with van der Waals surface area (Å²) in [5, 5.41) is 18.0. The van der Waals surface area contributed by atoms with Crippen molar-refractivity contribution in [2.24, 2.45) is 0 Å². The van der Waals surface area contributed by atoms with E-state index in [1.165, 1.54) is 10.9 Å². The first kappa shape index (κ1) is 24.6. The number of carbonyl (C=O) groups excluding carboxylic acids is 1. The Morgan fingerprint density at radius 2 is 2.06 bits per heavy atom. The molecule has 1 aliphatic heterocycles. The molecule has 0 saturated heterocycles. The van der Waals surface area contributed by atoms with Crippen molar-refractivity contribution in [1.29, 1.82) is 0 Å². The van der Waals surface area contributed by atoms with E-state index in [0.717, 1.165) is 35.5 Å². The largest absolute Gasteiger partial charge is 0.390 e. The van der Waals surface area contributed by atoms with E-state index < -0.39 is 18.8 Å². The van der Waals surface area contributed by atoms with Crippen LogP contribution in [0.2, 0.25) is 0 Å². The normalized spacial score (nSPS) is 15.2. The summed E-state index contributed by atoms with van der Waals surface area (Å²) in [5.74, 6) is 0.768. The van der Waals surface area contributed by atoms with Crippen LogP contribution in [0.4, 0.5) is 10.1 Å². The summed E-state index contributed by atoms with van der Waals surface area (Å²) in [6, 6.07) is 13.2. The van der Waals surface area contributed by atoms with Gasteiger partial charge in [0, 0.05) is 49.6 Å². The number of hydrogen-bond acceptors (Lipinski definition) is 5. The Bertz CT molecular complexity index is 1120. The number of nitrogens with one attached hydrogen (secondary N) is 2. The Morgan fingerprint density at radius 1 is 1.26 bits per heavy atom. The maximum absolute atomic E-state index is 13.5. The van der Waals surface area contributed by atoms with Crippen LogP contribution in [0.5, 0.6) is 0 Å². The van der Waals surface area contributed by atoms with Gasteiger partial charge in [0.15, 0.2) is 0 Å². The van der Waals surface area contributed by atoms with Gasteiger partial charge >= 0.3 is 0 Å². The molecular formula is C26H33FN4O2S. The van der Waals surface area contributed by atoms with Crippen LogP contribution in [0.3, 0.4) is 0 Å². The Labute approximate surface area is 204 Å². The van der Waals surface area contributed by atoms with E-state index in [1.54, 1.807) is 11.9 Å². The molecule has 0 fully saturated rings. The molecule has 0 aliphatic carbocycles. The van der Waals surface area contributed by atoms with E-state index in [4.69, 9.17) is 0 Å². The molecule has 182 valence electrons. The van der Waals surface area contributed by atoms with Crippen molar-refractivity contribution >= 4 is 34.4 Å². The van der Waals surface area contributed by atoms with Crippen LogP contribution in [0.15, 0.2) is 48.7 Å². The number of carbonyl (C=O) groups is 1. The number of amides is 1. The molecule has 1 aliphatic rings. The fraction of sp³-hybridized carbons (Fsp3) is 0.423. The molecule has 0 unspecified atom stereocenters. The van der Waals surface area contributed by atoms with E-state index in [0.29, 0.717) is 12.0 Å². The second kappa shape index (κ2) is 11.3. The van der Waals surface area contributed by atoms with Gasteiger partial charge in [0.2, 0.25) is 0 Å². The average Bonchev–Trinajstić information content (AvgIpc) is 3.12. The number of hydrogen-bond donors (Lipinski definition) is 3. The van der Waals surface area contributed by atoms with Crippen molar-refractivity contribution in [2.45, 2.75) is 38.5 Å². The number of anilines is 1. The minimum Gasteiger partial charge on any atom is -0.390 e. The molecular weight excluding hydrogens is 451 g/mol. The van der Waals surface area contributed by atoms with Gasteiger partial charge in [0.1, 0.15) is 6.67 Å². The lowest BCUT2D eigenvalue weighted by atomic mass is 10.00. The predicted octanol–water partition coefficient (Wildman–Crippen LogP) is 3.56. The Hall–Kier alpha value is -2.55. The van der Waals surface area contributed by atoms with Gasteiger partial charge in [0.25, 0.3) is 5.91 Å². The quantitative estimate of drug-likeness (QED) is 0.303. The van der Waals surface area contributed by atoms with Gasteiger partial charge in [-0.1, -0.05) is 30.3 Å². The van der Waals surface area contributed by atoms with Crippen LogP contribution < -0.4 is 14.9 Å². The van der Waals surface area contributed by atoms with Crippen molar-refractivity contribution in [3.05, 3.63) is 65.4 Å². The first-order valence-electron chi connectivity index (χ1n) is 11.8. The highest BCUT2D eigenvalue weighted by atomic mass is 32.2. The van der Waals surface area contributed by atoms with Gasteiger partial charge < -0.3 is 24.6 Å². The van der Waals surface area contributed by atoms with Gasteiger partial charge in [-0.2, -0.15) is 0 Å². The van der Waals surface area contributed by atoms with Crippen molar-refractivity contribution in [2.75, 3.05) is 36.9 Å². The zero-order valence-electron chi connectivity index (χ0n) is 19.8. The van der Waals surface area contributed by atoms with Gasteiger partial charge in [-0.15, -0.1) is 0 Å². The summed E-state index contributed by atoms with van der Waals surface area (Å²) >= 11 is 1.75. The second-order valence-corrected chi connectivity index (χ2v) is 9.85. The van der Waals surface area contributed by atoms with E-state index >= 15 is 0 Å². The number of aliphatic hydroxyl groups is 1. The third-order valence-electron chi connectivity index (χ3n) is 6.34. The maximum Gasteiger partial charge on any atom is 0.251 e. The highest BCUT2D eigenvalue weighted by Gasteiger charge is 2.25.